The van der Waals surface area contributed by atoms with Crippen LogP contribution in [0.5, 0.6) is 5.75 Å². The lowest BCUT2D eigenvalue weighted by atomic mass is 9.69. The van der Waals surface area contributed by atoms with E-state index in [1.165, 1.54) is 6.33 Å². The molecule has 1 spiro atoms. The molecule has 128 valence electrons. The minimum atomic E-state index is -0.464. The van der Waals surface area contributed by atoms with E-state index in [1.807, 2.05) is 24.5 Å². The smallest absolute Gasteiger partial charge is 0.283 e. The number of hydrogen-bond acceptors (Lipinski definition) is 6. The quantitative estimate of drug-likeness (QED) is 0.865. The first-order valence-electron chi connectivity index (χ1n) is 8.68. The van der Waals surface area contributed by atoms with Gasteiger partial charge in [-0.2, -0.15) is 0 Å². The van der Waals surface area contributed by atoms with Crippen LogP contribution >= 0.6 is 0 Å². The Kier molecular flexibility index (Phi) is 2.90. The Morgan fingerprint density at radius 1 is 1.20 bits per heavy atom. The summed E-state index contributed by atoms with van der Waals surface area (Å²) in [5.74, 6) is 1.14. The third kappa shape index (κ3) is 2.00. The highest BCUT2D eigenvalue weighted by Gasteiger charge is 2.60. The van der Waals surface area contributed by atoms with Gasteiger partial charge in [-0.15, -0.1) is 0 Å². The molecule has 25 heavy (non-hydrogen) atoms. The van der Waals surface area contributed by atoms with Crippen LogP contribution in [0.15, 0.2) is 41.9 Å². The summed E-state index contributed by atoms with van der Waals surface area (Å²) in [6, 6.07) is 6.49. The molecule has 3 atom stereocenters. The van der Waals surface area contributed by atoms with E-state index in [2.05, 4.69) is 23.0 Å². The predicted molar refractivity (Wildman–Crippen MR) is 93.1 cm³/mol. The first kappa shape index (κ1) is 14.7. The largest absolute Gasteiger partial charge is 0.487 e. The van der Waals surface area contributed by atoms with E-state index in [0.717, 1.165) is 41.7 Å². The molecule has 1 aromatic carbocycles. The molecule has 0 amide bonds. The third-order valence-corrected chi connectivity index (χ3v) is 5.91. The van der Waals surface area contributed by atoms with Crippen molar-refractivity contribution >= 4 is 6.02 Å². The Labute approximate surface area is 146 Å². The molecule has 3 unspecified atom stereocenters. The summed E-state index contributed by atoms with van der Waals surface area (Å²) in [4.78, 5) is 13.1. The van der Waals surface area contributed by atoms with Crippen LogP contribution in [0.3, 0.4) is 0 Å². The summed E-state index contributed by atoms with van der Waals surface area (Å²) >= 11 is 0. The fourth-order valence-corrected chi connectivity index (χ4v) is 4.79. The van der Waals surface area contributed by atoms with Crippen molar-refractivity contribution < 1.29 is 9.47 Å². The van der Waals surface area contributed by atoms with Crippen molar-refractivity contribution in [2.45, 2.75) is 37.3 Å². The van der Waals surface area contributed by atoms with Gasteiger partial charge in [0.15, 0.2) is 0 Å². The molecule has 1 fully saturated rings. The molecule has 0 bridgehead atoms. The summed E-state index contributed by atoms with van der Waals surface area (Å²) < 4.78 is 12.1. The number of amidine groups is 1. The van der Waals surface area contributed by atoms with E-state index in [0.29, 0.717) is 6.61 Å². The van der Waals surface area contributed by atoms with Gasteiger partial charge >= 0.3 is 0 Å². The standard InChI is InChI=1S/C19H20N4O2/c1-18-6-2-3-16(18)19(10-24-17(20)23-19)14-7-12(4-5-15(14)25-18)13-8-21-11-22-9-13/h4-5,7-9,11,16H,2-3,6,10H2,1H3,(H2,20,23). The minimum Gasteiger partial charge on any atom is -0.487 e. The minimum absolute atomic E-state index is 0.220. The van der Waals surface area contributed by atoms with Gasteiger partial charge in [0.2, 0.25) is 0 Å². The normalized spacial score (nSPS) is 32.5. The average Bonchev–Trinajstić information content (AvgIpc) is 3.20. The maximum absolute atomic E-state index is 6.46. The van der Waals surface area contributed by atoms with E-state index in [9.17, 15) is 0 Å². The fourth-order valence-electron chi connectivity index (χ4n) is 4.79. The molecule has 2 N–H and O–H groups in total. The second-order valence-electron chi connectivity index (χ2n) is 7.36. The van der Waals surface area contributed by atoms with Crippen LogP contribution in [0.25, 0.3) is 11.1 Å². The molecule has 2 aromatic rings. The summed E-state index contributed by atoms with van der Waals surface area (Å²) in [6.07, 6.45) is 8.39. The molecular weight excluding hydrogens is 316 g/mol. The number of fused-ring (bicyclic) bond motifs is 4. The zero-order chi connectivity index (χ0) is 17.1. The SMILES string of the molecule is CC12CCCC1C1(COC(N)=N1)c1cc(-c3cncnc3)ccc1O2. The maximum Gasteiger partial charge on any atom is 0.283 e. The predicted octanol–water partition coefficient (Wildman–Crippen LogP) is 2.64. The van der Waals surface area contributed by atoms with Gasteiger partial charge in [0, 0.05) is 29.4 Å². The number of benzene rings is 1. The molecule has 0 radical (unpaired) electrons. The third-order valence-electron chi connectivity index (χ3n) is 5.91. The van der Waals surface area contributed by atoms with Gasteiger partial charge in [0.1, 0.15) is 29.8 Å². The van der Waals surface area contributed by atoms with Crippen LogP contribution < -0.4 is 10.5 Å². The highest BCUT2D eigenvalue weighted by Crippen LogP contribution is 2.58. The number of ether oxygens (including phenoxy) is 2. The lowest BCUT2D eigenvalue weighted by molar-refractivity contribution is -0.0210. The first-order valence-corrected chi connectivity index (χ1v) is 8.68. The van der Waals surface area contributed by atoms with Crippen LogP contribution in [-0.4, -0.2) is 28.2 Å². The molecular formula is C19H20N4O2. The van der Waals surface area contributed by atoms with E-state index < -0.39 is 5.54 Å². The van der Waals surface area contributed by atoms with Gasteiger partial charge in [0.25, 0.3) is 6.02 Å². The van der Waals surface area contributed by atoms with E-state index in [-0.39, 0.29) is 17.5 Å². The van der Waals surface area contributed by atoms with Crippen LogP contribution in [0, 0.1) is 5.92 Å². The zero-order valence-electron chi connectivity index (χ0n) is 14.1. The van der Waals surface area contributed by atoms with Crippen molar-refractivity contribution in [2.75, 3.05) is 6.61 Å². The average molecular weight is 336 g/mol. The summed E-state index contributed by atoms with van der Waals surface area (Å²) in [5.41, 5.74) is 8.32. The first-order chi connectivity index (χ1) is 12.1. The molecule has 1 aromatic heterocycles. The molecule has 1 saturated carbocycles. The second kappa shape index (κ2) is 4.94. The maximum atomic E-state index is 6.46. The number of nitrogens with zero attached hydrogens (tertiary/aromatic N) is 3. The Hall–Kier alpha value is -2.63. The summed E-state index contributed by atoms with van der Waals surface area (Å²) in [7, 11) is 0. The van der Waals surface area contributed by atoms with Crippen molar-refractivity contribution in [2.24, 2.45) is 16.6 Å². The van der Waals surface area contributed by atoms with Crippen molar-refractivity contribution in [3.05, 3.63) is 42.5 Å². The van der Waals surface area contributed by atoms with Gasteiger partial charge in [0.05, 0.1) is 0 Å². The number of aliphatic imine (C=N–C) groups is 1. The van der Waals surface area contributed by atoms with E-state index in [4.69, 9.17) is 20.2 Å². The number of hydrogen-bond donors (Lipinski definition) is 1. The molecule has 0 saturated heterocycles. The van der Waals surface area contributed by atoms with Crippen molar-refractivity contribution in [1.29, 1.82) is 0 Å². The van der Waals surface area contributed by atoms with Crippen LogP contribution in [-0.2, 0) is 10.3 Å². The molecule has 6 heteroatoms. The van der Waals surface area contributed by atoms with Gasteiger partial charge < -0.3 is 15.2 Å². The highest BCUT2D eigenvalue weighted by atomic mass is 16.5. The Bertz CT molecular complexity index is 869. The number of rotatable bonds is 1. The molecule has 3 aliphatic rings. The van der Waals surface area contributed by atoms with Crippen LogP contribution in [0.2, 0.25) is 0 Å². The van der Waals surface area contributed by atoms with Crippen LogP contribution in [0.4, 0.5) is 0 Å². The molecule has 3 heterocycles. The zero-order valence-corrected chi connectivity index (χ0v) is 14.1. The topological polar surface area (TPSA) is 82.6 Å². The summed E-state index contributed by atoms with van der Waals surface area (Å²) in [5, 5.41) is 0. The fraction of sp³-hybridized carbons (Fsp3) is 0.421. The van der Waals surface area contributed by atoms with E-state index >= 15 is 0 Å². The van der Waals surface area contributed by atoms with Gasteiger partial charge in [-0.3, -0.25) is 0 Å². The van der Waals surface area contributed by atoms with Gasteiger partial charge in [-0.1, -0.05) is 6.07 Å². The van der Waals surface area contributed by atoms with Crippen molar-refractivity contribution in [3.8, 4) is 16.9 Å². The van der Waals surface area contributed by atoms with Crippen molar-refractivity contribution in [3.63, 3.8) is 0 Å². The lowest BCUT2D eigenvalue weighted by Gasteiger charge is -2.47. The molecule has 1 aliphatic carbocycles. The monoisotopic (exact) mass is 336 g/mol. The Morgan fingerprint density at radius 2 is 2.04 bits per heavy atom. The Balaban J connectivity index is 1.71. The molecule has 2 aliphatic heterocycles. The summed E-state index contributed by atoms with van der Waals surface area (Å²) in [6.45, 7) is 2.67. The molecule has 6 nitrogen and oxygen atoms in total. The van der Waals surface area contributed by atoms with Gasteiger partial charge in [-0.05, 0) is 43.9 Å². The molecule has 5 rings (SSSR count). The van der Waals surface area contributed by atoms with Crippen molar-refractivity contribution in [1.82, 2.24) is 9.97 Å². The number of nitrogens with two attached hydrogens (primary N) is 1. The highest BCUT2D eigenvalue weighted by molar-refractivity contribution is 5.75. The second-order valence-corrected chi connectivity index (χ2v) is 7.36. The van der Waals surface area contributed by atoms with Gasteiger partial charge in [-0.25, -0.2) is 15.0 Å². The lowest BCUT2D eigenvalue weighted by Crippen LogP contribution is -2.52. The van der Waals surface area contributed by atoms with E-state index in [1.54, 1.807) is 0 Å². The van der Waals surface area contributed by atoms with Crippen LogP contribution in [0.1, 0.15) is 31.7 Å². The Morgan fingerprint density at radius 3 is 2.80 bits per heavy atom. The number of aromatic nitrogens is 2.